The number of hydrogen-bond acceptors (Lipinski definition) is 2. The van der Waals surface area contributed by atoms with Gasteiger partial charge in [-0.05, 0) is 26.2 Å². The molecule has 0 amide bonds. The zero-order valence-electron chi connectivity index (χ0n) is 9.10. The van der Waals surface area contributed by atoms with Crippen LogP contribution in [0.4, 0.5) is 0 Å². The number of benzene rings is 1. The number of hydrogen-bond donors (Lipinski definition) is 1. The van der Waals surface area contributed by atoms with Crippen molar-refractivity contribution in [3.05, 3.63) is 35.9 Å². The largest absolute Gasteiger partial charge is 0.390 e. The molecule has 0 heterocycles. The van der Waals surface area contributed by atoms with Crippen LogP contribution in [0.1, 0.15) is 30.6 Å². The molecule has 0 bridgehead atoms. The average Bonchev–Trinajstić information content (AvgIpc) is 2.97. The van der Waals surface area contributed by atoms with E-state index in [1.165, 1.54) is 0 Å². The molecule has 15 heavy (non-hydrogen) atoms. The Morgan fingerprint density at radius 1 is 1.33 bits per heavy atom. The minimum Gasteiger partial charge on any atom is -0.390 e. The lowest BCUT2D eigenvalue weighted by Crippen LogP contribution is -2.24. The van der Waals surface area contributed by atoms with Crippen LogP contribution in [0.5, 0.6) is 0 Å². The van der Waals surface area contributed by atoms with Gasteiger partial charge >= 0.3 is 0 Å². The van der Waals surface area contributed by atoms with Gasteiger partial charge in [0.25, 0.3) is 0 Å². The first kappa shape index (κ1) is 10.4. The Labute approximate surface area is 89.9 Å². The smallest absolute Gasteiger partial charge is 0.166 e. The summed E-state index contributed by atoms with van der Waals surface area (Å²) in [6.07, 6.45) is 0.817. The van der Waals surface area contributed by atoms with Crippen molar-refractivity contribution in [3.8, 4) is 0 Å². The molecule has 1 fully saturated rings. The van der Waals surface area contributed by atoms with Crippen LogP contribution in [-0.4, -0.2) is 16.5 Å². The second-order valence-corrected chi connectivity index (χ2v) is 4.83. The standard InChI is InChI=1S/C13H16O2/c1-13(2,15)11-8-10(11)12(14)9-6-4-3-5-7-9/h3-7,10-11,15H,8H2,1-2H3/t10-,11+/m1/s1. The molecule has 1 N–H and O–H groups in total. The highest BCUT2D eigenvalue weighted by Crippen LogP contribution is 2.47. The molecular formula is C13H16O2. The molecule has 80 valence electrons. The maximum atomic E-state index is 12.0. The fourth-order valence-corrected chi connectivity index (χ4v) is 2.08. The van der Waals surface area contributed by atoms with Crippen molar-refractivity contribution in [2.75, 3.05) is 0 Å². The topological polar surface area (TPSA) is 37.3 Å². The number of rotatable bonds is 3. The van der Waals surface area contributed by atoms with Crippen molar-refractivity contribution in [3.63, 3.8) is 0 Å². The summed E-state index contributed by atoms with van der Waals surface area (Å²) in [7, 11) is 0. The first-order valence-electron chi connectivity index (χ1n) is 5.32. The van der Waals surface area contributed by atoms with Gasteiger partial charge < -0.3 is 5.11 Å². The van der Waals surface area contributed by atoms with Crippen LogP contribution in [0.3, 0.4) is 0 Å². The SMILES string of the molecule is CC(C)(O)[C@H]1C[C@H]1C(=O)c1ccccc1. The average molecular weight is 204 g/mol. The van der Waals surface area contributed by atoms with E-state index in [0.29, 0.717) is 0 Å². The van der Waals surface area contributed by atoms with E-state index >= 15 is 0 Å². The van der Waals surface area contributed by atoms with Gasteiger partial charge in [-0.15, -0.1) is 0 Å². The summed E-state index contributed by atoms with van der Waals surface area (Å²) >= 11 is 0. The lowest BCUT2D eigenvalue weighted by atomic mass is 9.98. The van der Waals surface area contributed by atoms with Gasteiger partial charge in [-0.25, -0.2) is 0 Å². The number of carbonyl (C=O) groups is 1. The molecule has 2 rings (SSSR count). The minimum absolute atomic E-state index is 0.0207. The van der Waals surface area contributed by atoms with Gasteiger partial charge in [-0.3, -0.25) is 4.79 Å². The van der Waals surface area contributed by atoms with Crippen molar-refractivity contribution < 1.29 is 9.90 Å². The third kappa shape index (κ3) is 2.10. The summed E-state index contributed by atoms with van der Waals surface area (Å²) in [6, 6.07) is 9.31. The quantitative estimate of drug-likeness (QED) is 0.767. The molecule has 1 aliphatic rings. The molecule has 1 aliphatic carbocycles. The zero-order chi connectivity index (χ0) is 11.1. The highest BCUT2D eigenvalue weighted by molar-refractivity contribution is 5.99. The normalized spacial score (nSPS) is 25.0. The van der Waals surface area contributed by atoms with Crippen LogP contribution in [-0.2, 0) is 0 Å². The zero-order valence-corrected chi connectivity index (χ0v) is 9.10. The number of aliphatic hydroxyl groups is 1. The van der Waals surface area contributed by atoms with E-state index in [1.807, 2.05) is 30.3 Å². The number of carbonyl (C=O) groups excluding carboxylic acids is 1. The molecule has 2 heteroatoms. The van der Waals surface area contributed by atoms with Crippen molar-refractivity contribution >= 4 is 5.78 Å². The van der Waals surface area contributed by atoms with E-state index in [2.05, 4.69) is 0 Å². The van der Waals surface area contributed by atoms with E-state index in [9.17, 15) is 9.90 Å². The first-order valence-corrected chi connectivity index (χ1v) is 5.32. The lowest BCUT2D eigenvalue weighted by Gasteiger charge is -2.16. The van der Waals surface area contributed by atoms with Crippen LogP contribution in [0.15, 0.2) is 30.3 Å². The Balaban J connectivity index is 2.07. The number of Topliss-reactive ketones (excluding diaryl/α,β-unsaturated/α-hetero) is 1. The summed E-state index contributed by atoms with van der Waals surface area (Å²) in [5.41, 5.74) is 0.0315. The lowest BCUT2D eigenvalue weighted by molar-refractivity contribution is 0.0489. The van der Waals surface area contributed by atoms with Crippen LogP contribution in [0.25, 0.3) is 0 Å². The van der Waals surface area contributed by atoms with Gasteiger partial charge in [0.15, 0.2) is 5.78 Å². The van der Waals surface area contributed by atoms with Gasteiger partial charge in [0.2, 0.25) is 0 Å². The number of ketones is 1. The fraction of sp³-hybridized carbons (Fsp3) is 0.462. The van der Waals surface area contributed by atoms with E-state index in [-0.39, 0.29) is 17.6 Å². The van der Waals surface area contributed by atoms with Gasteiger partial charge in [0.05, 0.1) is 5.60 Å². The molecule has 0 unspecified atom stereocenters. The molecule has 2 atom stereocenters. The summed E-state index contributed by atoms with van der Waals surface area (Å²) in [5.74, 6) is 0.320. The van der Waals surface area contributed by atoms with Crippen LogP contribution in [0.2, 0.25) is 0 Å². The van der Waals surface area contributed by atoms with Crippen LogP contribution < -0.4 is 0 Å². The molecule has 0 spiro atoms. The molecule has 0 saturated heterocycles. The van der Waals surface area contributed by atoms with E-state index in [0.717, 1.165) is 12.0 Å². The Bertz CT molecular complexity index is 362. The van der Waals surface area contributed by atoms with Crippen molar-refractivity contribution in [1.29, 1.82) is 0 Å². The highest BCUT2D eigenvalue weighted by Gasteiger charge is 2.50. The molecule has 0 aromatic heterocycles. The van der Waals surface area contributed by atoms with E-state index < -0.39 is 5.60 Å². The summed E-state index contributed by atoms with van der Waals surface area (Å²) in [5, 5.41) is 9.77. The Morgan fingerprint density at radius 3 is 2.40 bits per heavy atom. The van der Waals surface area contributed by atoms with Gasteiger partial charge in [0, 0.05) is 11.5 Å². The third-order valence-electron chi connectivity index (χ3n) is 3.09. The highest BCUT2D eigenvalue weighted by atomic mass is 16.3. The monoisotopic (exact) mass is 204 g/mol. The predicted molar refractivity (Wildman–Crippen MR) is 58.7 cm³/mol. The summed E-state index contributed by atoms with van der Waals surface area (Å²) < 4.78 is 0. The minimum atomic E-state index is -0.727. The summed E-state index contributed by atoms with van der Waals surface area (Å²) in [6.45, 7) is 3.55. The van der Waals surface area contributed by atoms with Crippen molar-refractivity contribution in [2.45, 2.75) is 25.9 Å². The second kappa shape index (κ2) is 3.46. The fourth-order valence-electron chi connectivity index (χ4n) is 2.08. The molecule has 1 aromatic carbocycles. The molecule has 1 aromatic rings. The van der Waals surface area contributed by atoms with Crippen LogP contribution >= 0.6 is 0 Å². The molecule has 0 radical (unpaired) electrons. The third-order valence-corrected chi connectivity index (χ3v) is 3.09. The van der Waals surface area contributed by atoms with Crippen LogP contribution in [0, 0.1) is 11.8 Å². The van der Waals surface area contributed by atoms with Crippen molar-refractivity contribution in [2.24, 2.45) is 11.8 Å². The molecule has 1 saturated carbocycles. The molecular weight excluding hydrogens is 188 g/mol. The van der Waals surface area contributed by atoms with Gasteiger partial charge in [0.1, 0.15) is 0 Å². The second-order valence-electron chi connectivity index (χ2n) is 4.83. The van der Waals surface area contributed by atoms with E-state index in [1.54, 1.807) is 13.8 Å². The van der Waals surface area contributed by atoms with Gasteiger partial charge in [-0.2, -0.15) is 0 Å². The molecule has 0 aliphatic heterocycles. The Kier molecular flexibility index (Phi) is 2.39. The molecule has 2 nitrogen and oxygen atoms in total. The van der Waals surface area contributed by atoms with Crippen molar-refractivity contribution in [1.82, 2.24) is 0 Å². The van der Waals surface area contributed by atoms with E-state index in [4.69, 9.17) is 0 Å². The maximum Gasteiger partial charge on any atom is 0.166 e. The first-order chi connectivity index (χ1) is 7.00. The predicted octanol–water partition coefficient (Wildman–Crippen LogP) is 2.28. The Hall–Kier alpha value is -1.15. The van der Waals surface area contributed by atoms with Gasteiger partial charge in [-0.1, -0.05) is 30.3 Å². The summed E-state index contributed by atoms with van der Waals surface area (Å²) in [4.78, 5) is 12.0. The maximum absolute atomic E-state index is 12.0. The Morgan fingerprint density at radius 2 is 1.93 bits per heavy atom.